The first-order valence-electron chi connectivity index (χ1n) is 13.1. The molecule has 10 heteroatoms. The van der Waals surface area contributed by atoms with E-state index in [9.17, 15) is 9.59 Å². The molecule has 3 aromatic rings. The molecule has 2 N–H and O–H groups in total. The molecule has 2 saturated heterocycles. The van der Waals surface area contributed by atoms with E-state index in [1.54, 1.807) is 30.2 Å². The van der Waals surface area contributed by atoms with Crippen LogP contribution in [0.25, 0.3) is 11.0 Å². The summed E-state index contributed by atoms with van der Waals surface area (Å²) in [5, 5.41) is 0.580. The quantitative estimate of drug-likeness (QED) is 0.439. The number of rotatable bonds is 7. The van der Waals surface area contributed by atoms with Gasteiger partial charge in [-0.1, -0.05) is 41.4 Å². The van der Waals surface area contributed by atoms with Crippen LogP contribution in [0.5, 0.6) is 0 Å². The molecule has 2 aromatic carbocycles. The van der Waals surface area contributed by atoms with E-state index in [0.717, 1.165) is 42.7 Å². The summed E-state index contributed by atoms with van der Waals surface area (Å²) in [4.78, 5) is 35.4. The van der Waals surface area contributed by atoms with E-state index < -0.39 is 12.0 Å². The van der Waals surface area contributed by atoms with Gasteiger partial charge in [0.05, 0.1) is 32.6 Å². The third kappa shape index (κ3) is 5.27. The number of ether oxygens (including phenoxy) is 1. The molecule has 2 amide bonds. The molecule has 0 saturated carbocycles. The summed E-state index contributed by atoms with van der Waals surface area (Å²) in [6.07, 6.45) is 2.73. The number of likely N-dealkylation sites (tertiary alicyclic amines) is 2. The first-order chi connectivity index (χ1) is 18.4. The number of aromatic nitrogens is 2. The van der Waals surface area contributed by atoms with Gasteiger partial charge in [0.2, 0.25) is 5.91 Å². The van der Waals surface area contributed by atoms with Crippen molar-refractivity contribution < 1.29 is 14.3 Å². The number of para-hydroxylation sites is 2. The molecule has 0 aliphatic carbocycles. The van der Waals surface area contributed by atoms with Gasteiger partial charge < -0.3 is 24.8 Å². The van der Waals surface area contributed by atoms with Crippen LogP contribution in [0.4, 0.5) is 0 Å². The molecule has 1 aromatic heterocycles. The summed E-state index contributed by atoms with van der Waals surface area (Å²) in [7, 11) is 1.71. The topological polar surface area (TPSA) is 93.7 Å². The third-order valence-electron chi connectivity index (χ3n) is 7.66. The van der Waals surface area contributed by atoms with Crippen LogP contribution in [0.1, 0.15) is 41.4 Å². The monoisotopic (exact) mass is 557 g/mol. The minimum absolute atomic E-state index is 0.00944. The average molecular weight is 559 g/mol. The molecule has 2 aliphatic heterocycles. The third-order valence-corrected chi connectivity index (χ3v) is 8.29. The number of amides is 2. The molecule has 2 fully saturated rings. The van der Waals surface area contributed by atoms with Gasteiger partial charge in [0.15, 0.2) is 0 Å². The molecule has 0 bridgehead atoms. The number of methoxy groups -OCH3 is 1. The minimum Gasteiger partial charge on any atom is -0.385 e. The lowest BCUT2D eigenvalue weighted by Gasteiger charge is -2.35. The number of fused-ring (bicyclic) bond motifs is 1. The number of imidazole rings is 1. The Balaban J connectivity index is 1.32. The Morgan fingerprint density at radius 2 is 1.82 bits per heavy atom. The molecule has 0 spiro atoms. The van der Waals surface area contributed by atoms with Crippen LogP contribution in [0.2, 0.25) is 10.0 Å². The zero-order valence-corrected chi connectivity index (χ0v) is 23.0. The van der Waals surface area contributed by atoms with Crippen molar-refractivity contribution >= 4 is 46.0 Å². The van der Waals surface area contributed by atoms with E-state index >= 15 is 0 Å². The number of carbonyl (C=O) groups is 2. The van der Waals surface area contributed by atoms with Gasteiger partial charge in [0.25, 0.3) is 5.91 Å². The van der Waals surface area contributed by atoms with Crippen LogP contribution >= 0.6 is 23.2 Å². The van der Waals surface area contributed by atoms with Gasteiger partial charge in [-0.3, -0.25) is 9.59 Å². The molecule has 202 valence electrons. The zero-order valence-electron chi connectivity index (χ0n) is 21.5. The summed E-state index contributed by atoms with van der Waals surface area (Å²) in [6, 6.07) is 12.7. The van der Waals surface area contributed by atoms with Crippen LogP contribution in [0.15, 0.2) is 42.5 Å². The van der Waals surface area contributed by atoms with E-state index in [1.807, 2.05) is 23.1 Å². The molecule has 1 unspecified atom stereocenters. The normalized spacial score (nSPS) is 21.8. The van der Waals surface area contributed by atoms with Crippen LogP contribution in [0, 0.1) is 5.92 Å². The number of halogens is 2. The van der Waals surface area contributed by atoms with Crippen LogP contribution in [-0.2, 0) is 16.1 Å². The summed E-state index contributed by atoms with van der Waals surface area (Å²) < 4.78 is 7.56. The fourth-order valence-electron chi connectivity index (χ4n) is 5.75. The fraction of sp³-hybridized carbons (Fsp3) is 0.464. The Kier molecular flexibility index (Phi) is 8.23. The van der Waals surface area contributed by atoms with Crippen molar-refractivity contribution in [2.24, 2.45) is 11.7 Å². The van der Waals surface area contributed by atoms with Crippen molar-refractivity contribution in [1.29, 1.82) is 0 Å². The van der Waals surface area contributed by atoms with Gasteiger partial charge in [-0.05, 0) is 43.5 Å². The summed E-state index contributed by atoms with van der Waals surface area (Å²) >= 11 is 12.5. The number of aryl methyl sites for hydroxylation is 1. The van der Waals surface area contributed by atoms with E-state index in [4.69, 9.17) is 38.7 Å². The molecular formula is C28H33Cl2N5O3. The second-order valence-corrected chi connectivity index (χ2v) is 11.0. The van der Waals surface area contributed by atoms with Gasteiger partial charge in [0.1, 0.15) is 5.82 Å². The first-order valence-corrected chi connectivity index (χ1v) is 13.9. The highest BCUT2D eigenvalue weighted by molar-refractivity contribution is 6.39. The minimum atomic E-state index is -0.473. The van der Waals surface area contributed by atoms with Crippen molar-refractivity contribution in [3.05, 3.63) is 63.9 Å². The first kappa shape index (κ1) is 26.9. The van der Waals surface area contributed by atoms with Crippen LogP contribution in [0.3, 0.4) is 0 Å². The number of benzene rings is 2. The van der Waals surface area contributed by atoms with E-state index in [2.05, 4.69) is 10.6 Å². The Hall–Kier alpha value is -2.65. The fourth-order valence-corrected chi connectivity index (χ4v) is 6.31. The zero-order chi connectivity index (χ0) is 26.8. The molecule has 38 heavy (non-hydrogen) atoms. The van der Waals surface area contributed by atoms with Crippen molar-refractivity contribution in [3.63, 3.8) is 0 Å². The predicted octanol–water partition coefficient (Wildman–Crippen LogP) is 4.19. The SMILES string of the molecule is COCCCn1c(C2CCCN(C(=O)[C@@H]3CN(C(=O)c4c(Cl)cccc4Cl)C[C@H]3N)C2)nc2ccccc21. The van der Waals surface area contributed by atoms with Crippen molar-refractivity contribution in [3.8, 4) is 0 Å². The molecule has 8 nitrogen and oxygen atoms in total. The number of piperidine rings is 1. The Bertz CT molecular complexity index is 1310. The predicted molar refractivity (Wildman–Crippen MR) is 149 cm³/mol. The second-order valence-electron chi connectivity index (χ2n) is 10.2. The lowest BCUT2D eigenvalue weighted by molar-refractivity contribution is -0.136. The van der Waals surface area contributed by atoms with Crippen LogP contribution in [-0.4, -0.2) is 77.1 Å². The highest BCUT2D eigenvalue weighted by Gasteiger charge is 2.41. The van der Waals surface area contributed by atoms with Gasteiger partial charge >= 0.3 is 0 Å². The summed E-state index contributed by atoms with van der Waals surface area (Å²) in [6.45, 7) is 3.27. The van der Waals surface area contributed by atoms with Crippen molar-refractivity contribution in [2.75, 3.05) is 39.9 Å². The summed E-state index contributed by atoms with van der Waals surface area (Å²) in [5.41, 5.74) is 8.74. The van der Waals surface area contributed by atoms with Gasteiger partial charge in [-0.15, -0.1) is 0 Å². The molecule has 5 rings (SSSR count). The average Bonchev–Trinajstić information content (AvgIpc) is 3.49. The van der Waals surface area contributed by atoms with Crippen molar-refractivity contribution in [1.82, 2.24) is 19.4 Å². The van der Waals surface area contributed by atoms with E-state index in [0.29, 0.717) is 19.7 Å². The molecule has 3 heterocycles. The van der Waals surface area contributed by atoms with Crippen molar-refractivity contribution in [2.45, 2.75) is 37.8 Å². The van der Waals surface area contributed by atoms with Gasteiger partial charge in [0, 0.05) is 58.4 Å². The molecule has 0 radical (unpaired) electrons. The van der Waals surface area contributed by atoms with E-state index in [-0.39, 0.29) is 46.4 Å². The maximum absolute atomic E-state index is 13.7. The molecular weight excluding hydrogens is 525 g/mol. The number of carbonyl (C=O) groups excluding carboxylic acids is 2. The van der Waals surface area contributed by atoms with E-state index in [1.165, 1.54) is 0 Å². The lowest BCUT2D eigenvalue weighted by Crippen LogP contribution is -2.47. The number of hydrogen-bond donors (Lipinski definition) is 1. The number of nitrogens with zero attached hydrogens (tertiary/aromatic N) is 4. The number of nitrogens with two attached hydrogens (primary N) is 1. The van der Waals surface area contributed by atoms with Gasteiger partial charge in [-0.25, -0.2) is 4.98 Å². The largest absolute Gasteiger partial charge is 0.385 e. The summed E-state index contributed by atoms with van der Waals surface area (Å²) in [5.74, 6) is 0.359. The Labute approximate surface area is 232 Å². The Morgan fingerprint density at radius 1 is 1.05 bits per heavy atom. The second kappa shape index (κ2) is 11.6. The van der Waals surface area contributed by atoms with Gasteiger partial charge in [-0.2, -0.15) is 0 Å². The number of hydrogen-bond acceptors (Lipinski definition) is 5. The van der Waals surface area contributed by atoms with Crippen LogP contribution < -0.4 is 5.73 Å². The Morgan fingerprint density at radius 3 is 2.58 bits per heavy atom. The lowest BCUT2D eigenvalue weighted by atomic mass is 9.94. The standard InChI is InChI=1S/C28H33Cl2N5O3/c1-38-14-6-13-35-24-11-3-2-10-23(24)32-26(35)18-7-5-12-33(15-18)27(36)19-16-34(17-22(19)31)28(37)25-20(29)8-4-9-21(25)30/h2-4,8-11,18-19,22H,5-7,12-17,31H2,1H3/t18?,19-,22-/m1/s1. The molecule has 3 atom stereocenters. The maximum Gasteiger partial charge on any atom is 0.256 e. The molecule has 2 aliphatic rings. The highest BCUT2D eigenvalue weighted by Crippen LogP contribution is 2.32. The smallest absolute Gasteiger partial charge is 0.256 e. The maximum atomic E-state index is 13.7. The highest BCUT2D eigenvalue weighted by atomic mass is 35.5.